The number of para-hydroxylation sites is 2. The zero-order valence-electron chi connectivity index (χ0n) is 17.0. The Morgan fingerprint density at radius 2 is 1.80 bits per heavy atom. The second-order valence-corrected chi connectivity index (χ2v) is 7.26. The molecule has 0 fully saturated rings. The third-order valence-corrected chi connectivity index (χ3v) is 4.69. The molecule has 0 aliphatic heterocycles. The highest BCUT2D eigenvalue weighted by atomic mass is 16.6. The van der Waals surface area contributed by atoms with E-state index in [0.717, 1.165) is 10.9 Å². The van der Waals surface area contributed by atoms with Crippen LogP contribution in [0.5, 0.6) is 0 Å². The Labute approximate surface area is 173 Å². The van der Waals surface area contributed by atoms with Crippen LogP contribution < -0.4 is 5.32 Å². The van der Waals surface area contributed by atoms with E-state index in [2.05, 4.69) is 5.32 Å². The summed E-state index contributed by atoms with van der Waals surface area (Å²) < 4.78 is 7.03. The van der Waals surface area contributed by atoms with Crippen LogP contribution in [-0.2, 0) is 16.6 Å². The van der Waals surface area contributed by atoms with Gasteiger partial charge in [0.15, 0.2) is 0 Å². The first-order chi connectivity index (χ1) is 14.3. The molecule has 0 saturated carbocycles. The van der Waals surface area contributed by atoms with Crippen LogP contribution in [0.3, 0.4) is 0 Å². The van der Waals surface area contributed by atoms with Gasteiger partial charge in [0.2, 0.25) is 0 Å². The predicted octanol–water partition coefficient (Wildman–Crippen LogP) is 3.90. The minimum absolute atomic E-state index is 0.168. The van der Waals surface area contributed by atoms with Gasteiger partial charge in [-0.25, -0.2) is 0 Å². The molecule has 0 spiro atoms. The topological polar surface area (TPSA) is 103 Å². The van der Waals surface area contributed by atoms with Crippen LogP contribution in [0.1, 0.15) is 42.2 Å². The van der Waals surface area contributed by atoms with Crippen LogP contribution in [0.4, 0.5) is 5.69 Å². The zero-order chi connectivity index (χ0) is 21.8. The first-order valence-corrected chi connectivity index (χ1v) is 9.55. The number of esters is 1. The Kier molecular flexibility index (Phi) is 6.15. The van der Waals surface area contributed by atoms with E-state index in [1.54, 1.807) is 26.1 Å². The highest BCUT2D eigenvalue weighted by Gasteiger charge is 2.27. The van der Waals surface area contributed by atoms with Crippen molar-refractivity contribution in [3.05, 3.63) is 76.0 Å². The number of nitrogens with zero attached hydrogens (tertiary/aromatic N) is 2. The Morgan fingerprint density at radius 1 is 1.13 bits per heavy atom. The fraction of sp³-hybridized carbons (Fsp3) is 0.273. The molecular formula is C22H23N3O5. The number of carbonyl (C=O) groups is 2. The van der Waals surface area contributed by atoms with E-state index < -0.39 is 22.8 Å². The summed E-state index contributed by atoms with van der Waals surface area (Å²) >= 11 is 0. The van der Waals surface area contributed by atoms with Crippen molar-refractivity contribution in [3.8, 4) is 0 Å². The van der Waals surface area contributed by atoms with Crippen molar-refractivity contribution in [1.82, 2.24) is 9.88 Å². The monoisotopic (exact) mass is 409 g/mol. The molecule has 0 saturated heterocycles. The molecule has 8 nitrogen and oxygen atoms in total. The molecule has 156 valence electrons. The Morgan fingerprint density at radius 3 is 2.50 bits per heavy atom. The molecule has 1 N–H and O–H groups in total. The van der Waals surface area contributed by atoms with Crippen LogP contribution in [0.2, 0.25) is 0 Å². The number of rotatable bonds is 7. The van der Waals surface area contributed by atoms with Crippen molar-refractivity contribution in [1.29, 1.82) is 0 Å². The maximum atomic E-state index is 13.1. The molecule has 0 bridgehead atoms. The number of aryl methyl sites for hydroxylation is 1. The quantitative estimate of drug-likeness (QED) is 0.362. The maximum absolute atomic E-state index is 13.1. The molecule has 8 heteroatoms. The number of fused-ring (bicyclic) bond motifs is 1. The van der Waals surface area contributed by atoms with Crippen molar-refractivity contribution in [2.45, 2.75) is 32.4 Å². The molecule has 1 heterocycles. The summed E-state index contributed by atoms with van der Waals surface area (Å²) in [4.78, 5) is 36.4. The van der Waals surface area contributed by atoms with Gasteiger partial charge in [0, 0.05) is 30.2 Å². The largest absolute Gasteiger partial charge is 0.463 e. The van der Waals surface area contributed by atoms with E-state index >= 15 is 0 Å². The lowest BCUT2D eigenvalue weighted by molar-refractivity contribution is -0.385. The molecule has 1 atom stereocenters. The normalized spacial score (nSPS) is 12.0. The molecule has 1 amide bonds. The lowest BCUT2D eigenvalue weighted by atomic mass is 10.0. The summed E-state index contributed by atoms with van der Waals surface area (Å²) in [6, 6.07) is 12.6. The van der Waals surface area contributed by atoms with E-state index in [0.29, 0.717) is 5.56 Å². The number of nitro groups is 1. The second kappa shape index (κ2) is 8.77. The predicted molar refractivity (Wildman–Crippen MR) is 112 cm³/mol. The summed E-state index contributed by atoms with van der Waals surface area (Å²) in [5.74, 6) is -0.973. The van der Waals surface area contributed by atoms with E-state index in [9.17, 15) is 19.7 Å². The van der Waals surface area contributed by atoms with Crippen LogP contribution in [0.25, 0.3) is 10.9 Å². The fourth-order valence-corrected chi connectivity index (χ4v) is 3.42. The number of hydrogen-bond donors (Lipinski definition) is 1. The standard InChI is InChI=1S/C22H23N3O5/c1-14(2)30-21(26)12-18(16-9-5-7-11-20(16)25(28)29)23-22(27)17-13-24(3)19-10-6-4-8-15(17)19/h4-11,13-14,18H,12H2,1-3H3,(H,23,27). The van der Waals surface area contributed by atoms with Gasteiger partial charge in [-0.05, 0) is 19.9 Å². The summed E-state index contributed by atoms with van der Waals surface area (Å²) in [7, 11) is 1.83. The summed E-state index contributed by atoms with van der Waals surface area (Å²) in [5.41, 5.74) is 1.38. The molecule has 0 aliphatic carbocycles. The molecular weight excluding hydrogens is 386 g/mol. The maximum Gasteiger partial charge on any atom is 0.308 e. The summed E-state index contributed by atoms with van der Waals surface area (Å²) in [6.45, 7) is 3.43. The van der Waals surface area contributed by atoms with Crippen molar-refractivity contribution in [3.63, 3.8) is 0 Å². The van der Waals surface area contributed by atoms with Crippen LogP contribution >= 0.6 is 0 Å². The Bertz CT molecular complexity index is 1100. The molecule has 1 unspecified atom stereocenters. The average Bonchev–Trinajstić information content (AvgIpc) is 3.04. The van der Waals surface area contributed by atoms with E-state index in [1.165, 1.54) is 18.2 Å². The van der Waals surface area contributed by atoms with Gasteiger partial charge in [-0.3, -0.25) is 19.7 Å². The lowest BCUT2D eigenvalue weighted by Crippen LogP contribution is -2.31. The van der Waals surface area contributed by atoms with Crippen LogP contribution in [0.15, 0.2) is 54.7 Å². The van der Waals surface area contributed by atoms with Gasteiger partial charge in [0.05, 0.1) is 34.6 Å². The number of nitrogens with one attached hydrogen (secondary N) is 1. The first kappa shape index (κ1) is 21.0. The molecule has 1 aromatic heterocycles. The van der Waals surface area contributed by atoms with Gasteiger partial charge in [0.1, 0.15) is 0 Å². The van der Waals surface area contributed by atoms with Gasteiger partial charge >= 0.3 is 5.97 Å². The van der Waals surface area contributed by atoms with E-state index in [1.807, 2.05) is 35.9 Å². The number of nitro benzene ring substituents is 1. The molecule has 3 aromatic rings. The molecule has 2 aromatic carbocycles. The van der Waals surface area contributed by atoms with Crippen molar-refractivity contribution >= 4 is 28.5 Å². The SMILES string of the molecule is CC(C)OC(=O)CC(NC(=O)c1cn(C)c2ccccc12)c1ccccc1[N+](=O)[O-]. The Hall–Kier alpha value is -3.68. The number of amides is 1. The third kappa shape index (κ3) is 4.48. The number of aromatic nitrogens is 1. The zero-order valence-corrected chi connectivity index (χ0v) is 17.0. The Balaban J connectivity index is 1.97. The molecule has 0 radical (unpaired) electrons. The van der Waals surface area contributed by atoms with Crippen LogP contribution in [0, 0.1) is 10.1 Å². The van der Waals surface area contributed by atoms with Gasteiger partial charge in [0.25, 0.3) is 11.6 Å². The highest BCUT2D eigenvalue weighted by Crippen LogP contribution is 2.29. The molecule has 30 heavy (non-hydrogen) atoms. The highest BCUT2D eigenvalue weighted by molar-refractivity contribution is 6.07. The number of benzene rings is 2. The van der Waals surface area contributed by atoms with Crippen LogP contribution in [-0.4, -0.2) is 27.5 Å². The average molecular weight is 409 g/mol. The third-order valence-electron chi connectivity index (χ3n) is 4.69. The minimum atomic E-state index is -0.913. The second-order valence-electron chi connectivity index (χ2n) is 7.26. The van der Waals surface area contributed by atoms with Crippen molar-refractivity contribution < 1.29 is 19.2 Å². The first-order valence-electron chi connectivity index (χ1n) is 9.55. The van der Waals surface area contributed by atoms with E-state index in [4.69, 9.17) is 4.74 Å². The fourth-order valence-electron chi connectivity index (χ4n) is 3.42. The lowest BCUT2D eigenvalue weighted by Gasteiger charge is -2.19. The van der Waals surface area contributed by atoms with Gasteiger partial charge in [-0.1, -0.05) is 36.4 Å². The summed E-state index contributed by atoms with van der Waals surface area (Å²) in [6.07, 6.45) is 1.14. The van der Waals surface area contributed by atoms with Gasteiger partial charge < -0.3 is 14.6 Å². The van der Waals surface area contributed by atoms with Crippen molar-refractivity contribution in [2.75, 3.05) is 0 Å². The number of ether oxygens (including phenoxy) is 1. The molecule has 3 rings (SSSR count). The number of carbonyl (C=O) groups excluding carboxylic acids is 2. The van der Waals surface area contributed by atoms with Gasteiger partial charge in [-0.15, -0.1) is 0 Å². The summed E-state index contributed by atoms with van der Waals surface area (Å²) in [5, 5.41) is 15.0. The smallest absolute Gasteiger partial charge is 0.308 e. The van der Waals surface area contributed by atoms with Crippen molar-refractivity contribution in [2.24, 2.45) is 7.05 Å². The van der Waals surface area contributed by atoms with Gasteiger partial charge in [-0.2, -0.15) is 0 Å². The van der Waals surface area contributed by atoms with E-state index in [-0.39, 0.29) is 23.8 Å². The number of hydrogen-bond acceptors (Lipinski definition) is 5. The minimum Gasteiger partial charge on any atom is -0.463 e. The molecule has 0 aliphatic rings.